The van der Waals surface area contributed by atoms with Crippen molar-refractivity contribution in [2.75, 3.05) is 18.1 Å². The standard InChI is InChI=1S/C15H23NO2S/c1-13-5-7-14(8-6-13)9-11-19(17,18)12-15-4-2-3-10-16-15/h5-8,15-16H,2-4,9-12H2,1H3. The Morgan fingerprint density at radius 2 is 1.95 bits per heavy atom. The fraction of sp³-hybridized carbons (Fsp3) is 0.600. The largest absolute Gasteiger partial charge is 0.313 e. The van der Waals surface area contributed by atoms with Crippen LogP contribution in [0, 0.1) is 6.92 Å². The summed E-state index contributed by atoms with van der Waals surface area (Å²) >= 11 is 0. The first-order chi connectivity index (χ1) is 9.05. The van der Waals surface area contributed by atoms with Crippen LogP contribution in [0.2, 0.25) is 0 Å². The van der Waals surface area contributed by atoms with E-state index in [1.165, 1.54) is 12.0 Å². The lowest BCUT2D eigenvalue weighted by Gasteiger charge is -2.23. The van der Waals surface area contributed by atoms with Gasteiger partial charge in [-0.25, -0.2) is 8.42 Å². The highest BCUT2D eigenvalue weighted by atomic mass is 32.2. The molecule has 0 saturated carbocycles. The van der Waals surface area contributed by atoms with Gasteiger partial charge in [0.25, 0.3) is 0 Å². The Morgan fingerprint density at radius 3 is 2.58 bits per heavy atom. The van der Waals surface area contributed by atoms with Gasteiger partial charge in [0.2, 0.25) is 0 Å². The van der Waals surface area contributed by atoms with E-state index in [2.05, 4.69) is 5.32 Å². The maximum atomic E-state index is 12.1. The Bertz CT molecular complexity index is 487. The van der Waals surface area contributed by atoms with Crippen molar-refractivity contribution in [2.24, 2.45) is 0 Å². The molecular formula is C15H23NO2S. The molecule has 1 aromatic carbocycles. The Balaban J connectivity index is 1.84. The summed E-state index contributed by atoms with van der Waals surface area (Å²) in [5, 5.41) is 3.30. The van der Waals surface area contributed by atoms with Crippen molar-refractivity contribution in [2.45, 2.75) is 38.6 Å². The van der Waals surface area contributed by atoms with E-state index in [-0.39, 0.29) is 11.8 Å². The van der Waals surface area contributed by atoms with Gasteiger partial charge in [-0.3, -0.25) is 0 Å². The second-order valence-corrected chi connectivity index (χ2v) is 7.73. The Morgan fingerprint density at radius 1 is 1.21 bits per heavy atom. The second kappa shape index (κ2) is 6.53. The van der Waals surface area contributed by atoms with E-state index in [1.807, 2.05) is 31.2 Å². The fourth-order valence-corrected chi connectivity index (χ4v) is 4.10. The highest BCUT2D eigenvalue weighted by Crippen LogP contribution is 2.11. The van der Waals surface area contributed by atoms with Crippen LogP contribution in [0.5, 0.6) is 0 Å². The summed E-state index contributed by atoms with van der Waals surface area (Å²) in [6.45, 7) is 2.99. The molecule has 0 amide bonds. The molecule has 0 aliphatic carbocycles. The first-order valence-electron chi connectivity index (χ1n) is 7.04. The molecule has 1 heterocycles. The second-order valence-electron chi connectivity index (χ2n) is 5.50. The Hall–Kier alpha value is -0.870. The van der Waals surface area contributed by atoms with Crippen molar-refractivity contribution in [1.82, 2.24) is 5.32 Å². The van der Waals surface area contributed by atoms with E-state index >= 15 is 0 Å². The quantitative estimate of drug-likeness (QED) is 0.899. The van der Waals surface area contributed by atoms with Crippen molar-refractivity contribution in [3.63, 3.8) is 0 Å². The topological polar surface area (TPSA) is 46.2 Å². The number of sulfone groups is 1. The van der Waals surface area contributed by atoms with Crippen LogP contribution >= 0.6 is 0 Å². The normalized spacial score (nSPS) is 20.4. The molecule has 1 N–H and O–H groups in total. The number of nitrogens with one attached hydrogen (secondary N) is 1. The molecule has 106 valence electrons. The maximum Gasteiger partial charge on any atom is 0.152 e. The third kappa shape index (κ3) is 4.96. The first kappa shape index (κ1) is 14.5. The van der Waals surface area contributed by atoms with Gasteiger partial charge in [-0.2, -0.15) is 0 Å². The number of rotatable bonds is 5. The monoisotopic (exact) mass is 281 g/mol. The third-order valence-corrected chi connectivity index (χ3v) is 5.43. The first-order valence-corrected chi connectivity index (χ1v) is 8.87. The molecule has 0 spiro atoms. The van der Waals surface area contributed by atoms with Gasteiger partial charge in [0.15, 0.2) is 9.84 Å². The highest BCUT2D eigenvalue weighted by molar-refractivity contribution is 7.91. The number of hydrogen-bond donors (Lipinski definition) is 1. The van der Waals surface area contributed by atoms with E-state index in [0.717, 1.165) is 24.9 Å². The van der Waals surface area contributed by atoms with Gasteiger partial charge in [0.1, 0.15) is 0 Å². The van der Waals surface area contributed by atoms with Gasteiger partial charge in [-0.1, -0.05) is 36.2 Å². The van der Waals surface area contributed by atoms with Crippen LogP contribution in [-0.4, -0.2) is 32.5 Å². The summed E-state index contributed by atoms with van der Waals surface area (Å²) in [5.41, 5.74) is 2.31. The molecule has 0 bridgehead atoms. The molecule has 19 heavy (non-hydrogen) atoms. The van der Waals surface area contributed by atoms with E-state index in [0.29, 0.717) is 12.2 Å². The zero-order valence-electron chi connectivity index (χ0n) is 11.6. The predicted molar refractivity (Wildman–Crippen MR) is 79.2 cm³/mol. The number of hydrogen-bond acceptors (Lipinski definition) is 3. The molecule has 1 atom stereocenters. The minimum absolute atomic E-state index is 0.164. The third-order valence-electron chi connectivity index (χ3n) is 3.69. The molecule has 1 fully saturated rings. The van der Waals surface area contributed by atoms with Gasteiger partial charge in [-0.15, -0.1) is 0 Å². The van der Waals surface area contributed by atoms with E-state index < -0.39 is 9.84 Å². The van der Waals surface area contributed by atoms with Gasteiger partial charge in [0, 0.05) is 6.04 Å². The van der Waals surface area contributed by atoms with Crippen LogP contribution in [-0.2, 0) is 16.3 Å². The van der Waals surface area contributed by atoms with Crippen molar-refractivity contribution in [3.8, 4) is 0 Å². The zero-order valence-corrected chi connectivity index (χ0v) is 12.4. The van der Waals surface area contributed by atoms with E-state index in [1.54, 1.807) is 0 Å². The average Bonchev–Trinajstić information content (AvgIpc) is 2.39. The predicted octanol–water partition coefficient (Wildman–Crippen LogP) is 2.09. The fourth-order valence-electron chi connectivity index (χ4n) is 2.48. The van der Waals surface area contributed by atoms with Crippen LogP contribution in [0.1, 0.15) is 30.4 Å². The minimum atomic E-state index is -2.95. The lowest BCUT2D eigenvalue weighted by Crippen LogP contribution is -2.40. The summed E-state index contributed by atoms with van der Waals surface area (Å²) < 4.78 is 24.2. The lowest BCUT2D eigenvalue weighted by molar-refractivity contribution is 0.423. The maximum absolute atomic E-state index is 12.1. The molecule has 2 rings (SSSR count). The smallest absolute Gasteiger partial charge is 0.152 e. The van der Waals surface area contributed by atoms with Gasteiger partial charge >= 0.3 is 0 Å². The van der Waals surface area contributed by atoms with Crippen molar-refractivity contribution in [3.05, 3.63) is 35.4 Å². The molecular weight excluding hydrogens is 258 g/mol. The molecule has 1 unspecified atom stereocenters. The van der Waals surface area contributed by atoms with Crippen LogP contribution in [0.4, 0.5) is 0 Å². The minimum Gasteiger partial charge on any atom is -0.313 e. The molecule has 0 radical (unpaired) electrons. The summed E-state index contributed by atoms with van der Waals surface area (Å²) in [6, 6.07) is 8.26. The molecule has 1 aromatic rings. The molecule has 1 saturated heterocycles. The SMILES string of the molecule is Cc1ccc(CCS(=O)(=O)CC2CCCCN2)cc1. The van der Waals surface area contributed by atoms with Crippen molar-refractivity contribution in [1.29, 1.82) is 0 Å². The van der Waals surface area contributed by atoms with Crippen LogP contribution in [0.3, 0.4) is 0 Å². The van der Waals surface area contributed by atoms with Gasteiger partial charge in [0.05, 0.1) is 11.5 Å². The molecule has 4 heteroatoms. The number of benzene rings is 1. The molecule has 3 nitrogen and oxygen atoms in total. The summed E-state index contributed by atoms with van der Waals surface area (Å²) in [6.07, 6.45) is 3.92. The zero-order chi connectivity index (χ0) is 13.7. The Kier molecular flexibility index (Phi) is 4.99. The summed E-state index contributed by atoms with van der Waals surface area (Å²) in [4.78, 5) is 0. The molecule has 0 aromatic heterocycles. The van der Waals surface area contributed by atoms with Gasteiger partial charge < -0.3 is 5.32 Å². The van der Waals surface area contributed by atoms with Gasteiger partial charge in [-0.05, 0) is 38.3 Å². The van der Waals surface area contributed by atoms with E-state index in [9.17, 15) is 8.42 Å². The van der Waals surface area contributed by atoms with E-state index in [4.69, 9.17) is 0 Å². The molecule has 1 aliphatic heterocycles. The summed E-state index contributed by atoms with van der Waals surface area (Å²) in [5.74, 6) is 0.549. The van der Waals surface area contributed by atoms with Crippen LogP contribution in [0.15, 0.2) is 24.3 Å². The van der Waals surface area contributed by atoms with Crippen molar-refractivity contribution >= 4 is 9.84 Å². The lowest BCUT2D eigenvalue weighted by atomic mass is 10.1. The van der Waals surface area contributed by atoms with Crippen molar-refractivity contribution < 1.29 is 8.42 Å². The van der Waals surface area contributed by atoms with Crippen LogP contribution < -0.4 is 5.32 Å². The average molecular weight is 281 g/mol. The number of piperidine rings is 1. The number of aryl methyl sites for hydroxylation is 2. The summed E-state index contributed by atoms with van der Waals surface area (Å²) in [7, 11) is -2.95. The van der Waals surface area contributed by atoms with Crippen LogP contribution in [0.25, 0.3) is 0 Å². The Labute approximate surface area is 116 Å². The highest BCUT2D eigenvalue weighted by Gasteiger charge is 2.20. The molecule has 1 aliphatic rings.